The quantitative estimate of drug-likeness (QED) is 0.876. The second-order valence-electron chi connectivity index (χ2n) is 7.02. The van der Waals surface area contributed by atoms with Crippen LogP contribution in [-0.2, 0) is 10.2 Å². The van der Waals surface area contributed by atoms with Crippen LogP contribution in [0.25, 0.3) is 0 Å². The molecule has 23 heavy (non-hydrogen) atoms. The van der Waals surface area contributed by atoms with Crippen LogP contribution in [-0.4, -0.2) is 37.9 Å². The van der Waals surface area contributed by atoms with Crippen molar-refractivity contribution in [2.75, 3.05) is 13.7 Å². The number of methoxy groups -OCH3 is 1. The van der Waals surface area contributed by atoms with Crippen LogP contribution in [0.15, 0.2) is 24.3 Å². The topological polar surface area (TPSA) is 59.6 Å². The Labute approximate surface area is 136 Å². The molecule has 0 unspecified atom stereocenters. The monoisotopic (exact) mass is 316 g/mol. The Bertz CT molecular complexity index is 600. The summed E-state index contributed by atoms with van der Waals surface area (Å²) >= 11 is 0. The summed E-state index contributed by atoms with van der Waals surface area (Å²) in [6.45, 7) is 0.654. The Morgan fingerprint density at radius 3 is 2.83 bits per heavy atom. The van der Waals surface area contributed by atoms with E-state index in [-0.39, 0.29) is 23.6 Å². The van der Waals surface area contributed by atoms with E-state index in [4.69, 9.17) is 9.47 Å². The number of nitrogens with one attached hydrogen (secondary N) is 2. The minimum Gasteiger partial charge on any atom is -0.496 e. The first-order valence-corrected chi connectivity index (χ1v) is 8.53. The molecule has 2 amide bonds. The second-order valence-corrected chi connectivity index (χ2v) is 7.02. The van der Waals surface area contributed by atoms with Crippen LogP contribution >= 0.6 is 0 Å². The number of hydrogen-bond donors (Lipinski definition) is 2. The van der Waals surface area contributed by atoms with E-state index < -0.39 is 0 Å². The Morgan fingerprint density at radius 2 is 2.17 bits per heavy atom. The average Bonchev–Trinajstić information content (AvgIpc) is 3.08. The van der Waals surface area contributed by atoms with Crippen molar-refractivity contribution in [3.8, 4) is 5.75 Å². The number of urea groups is 1. The molecule has 0 radical (unpaired) electrons. The number of ether oxygens (including phenoxy) is 2. The largest absolute Gasteiger partial charge is 0.496 e. The third-order valence-electron chi connectivity index (χ3n) is 5.54. The van der Waals surface area contributed by atoms with Gasteiger partial charge in [0.25, 0.3) is 0 Å². The summed E-state index contributed by atoms with van der Waals surface area (Å²) in [6.07, 6.45) is 5.91. The van der Waals surface area contributed by atoms with Crippen molar-refractivity contribution in [1.29, 1.82) is 0 Å². The highest BCUT2D eigenvalue weighted by molar-refractivity contribution is 5.74. The number of carbonyl (C=O) groups excluding carboxylic acids is 1. The van der Waals surface area contributed by atoms with Crippen LogP contribution in [0.4, 0.5) is 4.79 Å². The molecule has 3 fully saturated rings. The van der Waals surface area contributed by atoms with E-state index in [1.165, 1.54) is 5.56 Å². The Kier molecular flexibility index (Phi) is 3.68. The zero-order valence-corrected chi connectivity index (χ0v) is 13.5. The summed E-state index contributed by atoms with van der Waals surface area (Å²) < 4.78 is 11.3. The van der Waals surface area contributed by atoms with Gasteiger partial charge in [0.1, 0.15) is 5.75 Å². The third kappa shape index (κ3) is 2.78. The molecule has 124 valence electrons. The van der Waals surface area contributed by atoms with E-state index in [2.05, 4.69) is 16.7 Å². The van der Waals surface area contributed by atoms with Crippen LogP contribution in [0.3, 0.4) is 0 Å². The van der Waals surface area contributed by atoms with E-state index in [1.54, 1.807) is 7.11 Å². The lowest BCUT2D eigenvalue weighted by Gasteiger charge is -2.23. The lowest BCUT2D eigenvalue weighted by Crippen LogP contribution is -2.48. The average molecular weight is 316 g/mol. The van der Waals surface area contributed by atoms with Crippen molar-refractivity contribution in [2.24, 2.45) is 0 Å². The maximum atomic E-state index is 12.2. The van der Waals surface area contributed by atoms with Gasteiger partial charge in [-0.1, -0.05) is 18.2 Å². The third-order valence-corrected chi connectivity index (χ3v) is 5.54. The summed E-state index contributed by atoms with van der Waals surface area (Å²) in [5.74, 6) is 0.911. The van der Waals surface area contributed by atoms with Gasteiger partial charge in [0.15, 0.2) is 0 Å². The molecular weight excluding hydrogens is 292 g/mol. The molecule has 0 spiro atoms. The van der Waals surface area contributed by atoms with Gasteiger partial charge < -0.3 is 20.1 Å². The lowest BCUT2D eigenvalue weighted by molar-refractivity contribution is 0.0981. The summed E-state index contributed by atoms with van der Waals surface area (Å²) in [7, 11) is 1.70. The highest BCUT2D eigenvalue weighted by Gasteiger charge is 2.46. The minimum atomic E-state index is -0.0766. The van der Waals surface area contributed by atoms with Gasteiger partial charge in [0.05, 0.1) is 25.4 Å². The molecule has 2 bridgehead atoms. The number of carbonyl (C=O) groups is 1. The van der Waals surface area contributed by atoms with E-state index in [0.717, 1.165) is 37.9 Å². The van der Waals surface area contributed by atoms with Crippen LogP contribution in [0.1, 0.15) is 37.7 Å². The molecule has 1 saturated carbocycles. The van der Waals surface area contributed by atoms with Gasteiger partial charge >= 0.3 is 6.03 Å². The van der Waals surface area contributed by atoms with Crippen molar-refractivity contribution < 1.29 is 14.3 Å². The molecule has 1 aromatic rings. The second kappa shape index (κ2) is 5.71. The summed E-state index contributed by atoms with van der Waals surface area (Å²) in [6, 6.07) is 8.21. The first kappa shape index (κ1) is 14.8. The van der Waals surface area contributed by atoms with Gasteiger partial charge in [-0.3, -0.25) is 0 Å². The van der Waals surface area contributed by atoms with Gasteiger partial charge in [0.2, 0.25) is 0 Å². The van der Waals surface area contributed by atoms with Crippen molar-refractivity contribution in [2.45, 2.75) is 55.8 Å². The highest BCUT2D eigenvalue weighted by Crippen LogP contribution is 2.50. The number of benzene rings is 1. The molecule has 5 heteroatoms. The summed E-state index contributed by atoms with van der Waals surface area (Å²) in [4.78, 5) is 12.2. The maximum absolute atomic E-state index is 12.2. The first-order chi connectivity index (χ1) is 11.2. The smallest absolute Gasteiger partial charge is 0.315 e. The number of rotatable bonds is 5. The molecule has 1 aromatic carbocycles. The SMILES string of the molecule is COc1ccccc1C1(CNC(=O)N[C@@H]2C[C@H]3CC[C@H]2O3)CC1. The fraction of sp³-hybridized carbons (Fsp3) is 0.611. The van der Waals surface area contributed by atoms with Crippen molar-refractivity contribution in [3.05, 3.63) is 29.8 Å². The molecule has 4 rings (SSSR count). The fourth-order valence-corrected chi connectivity index (χ4v) is 4.03. The summed E-state index contributed by atoms with van der Waals surface area (Å²) in [5, 5.41) is 6.14. The number of fused-ring (bicyclic) bond motifs is 2. The molecule has 5 nitrogen and oxygen atoms in total. The summed E-state index contributed by atoms with van der Waals surface area (Å²) in [5.41, 5.74) is 1.24. The molecule has 2 aliphatic heterocycles. The Hall–Kier alpha value is -1.75. The maximum Gasteiger partial charge on any atom is 0.315 e. The van der Waals surface area contributed by atoms with Crippen LogP contribution in [0.5, 0.6) is 5.75 Å². The van der Waals surface area contributed by atoms with Crippen LogP contribution < -0.4 is 15.4 Å². The molecule has 0 aromatic heterocycles. The van der Waals surface area contributed by atoms with Crippen molar-refractivity contribution >= 4 is 6.03 Å². The normalized spacial score (nSPS) is 30.0. The molecule has 2 heterocycles. The van der Waals surface area contributed by atoms with Gasteiger partial charge in [0, 0.05) is 17.5 Å². The number of hydrogen-bond acceptors (Lipinski definition) is 3. The Morgan fingerprint density at radius 1 is 1.35 bits per heavy atom. The van der Waals surface area contributed by atoms with Crippen LogP contribution in [0.2, 0.25) is 0 Å². The van der Waals surface area contributed by atoms with Gasteiger partial charge in [-0.15, -0.1) is 0 Å². The highest BCUT2D eigenvalue weighted by atomic mass is 16.5. The molecule has 2 saturated heterocycles. The first-order valence-electron chi connectivity index (χ1n) is 8.53. The van der Waals surface area contributed by atoms with Gasteiger partial charge in [-0.2, -0.15) is 0 Å². The van der Waals surface area contributed by atoms with Gasteiger partial charge in [-0.05, 0) is 38.2 Å². The molecule has 3 aliphatic rings. The fourth-order valence-electron chi connectivity index (χ4n) is 4.03. The van der Waals surface area contributed by atoms with Crippen LogP contribution in [0, 0.1) is 0 Å². The van der Waals surface area contributed by atoms with E-state index in [9.17, 15) is 4.79 Å². The predicted octanol–water partition coefficient (Wildman–Crippen LogP) is 2.35. The zero-order chi connectivity index (χ0) is 15.9. The standard InChI is InChI=1S/C18H24N2O3/c1-22-15-5-3-2-4-13(15)18(8-9-18)11-19-17(21)20-14-10-12-6-7-16(14)23-12/h2-5,12,14,16H,6-11H2,1H3,(H2,19,20,21)/t12-,14-,16-/m1/s1. The molecule has 2 N–H and O–H groups in total. The predicted molar refractivity (Wildman–Crippen MR) is 86.7 cm³/mol. The molecule has 3 atom stereocenters. The number of amides is 2. The zero-order valence-electron chi connectivity index (χ0n) is 13.5. The number of para-hydroxylation sites is 1. The molecule has 1 aliphatic carbocycles. The Balaban J connectivity index is 1.34. The van der Waals surface area contributed by atoms with Crippen molar-refractivity contribution in [3.63, 3.8) is 0 Å². The lowest BCUT2D eigenvalue weighted by atomic mass is 9.94. The van der Waals surface area contributed by atoms with E-state index in [0.29, 0.717) is 12.6 Å². The van der Waals surface area contributed by atoms with Gasteiger partial charge in [-0.25, -0.2) is 4.79 Å². The molecular formula is C18H24N2O3. The van der Waals surface area contributed by atoms with E-state index in [1.807, 2.05) is 18.2 Å². The van der Waals surface area contributed by atoms with E-state index >= 15 is 0 Å². The van der Waals surface area contributed by atoms with Crippen molar-refractivity contribution in [1.82, 2.24) is 10.6 Å². The minimum absolute atomic E-state index is 0.0368.